The molecule has 0 spiro atoms. The van der Waals surface area contributed by atoms with E-state index in [1.54, 1.807) is 6.08 Å². The van der Waals surface area contributed by atoms with E-state index in [4.69, 9.17) is 5.11 Å². The molecule has 0 aliphatic heterocycles. The van der Waals surface area contributed by atoms with Gasteiger partial charge in [-0.2, -0.15) is 0 Å². The lowest BCUT2D eigenvalue weighted by Crippen LogP contribution is -2.28. The first-order valence-corrected chi connectivity index (χ1v) is 7.23. The molecule has 0 rings (SSSR count). The number of carboxylic acid groups (broad SMARTS) is 1. The third kappa shape index (κ3) is 11.9. The number of aliphatic hydroxyl groups is 2. The number of Topliss-reactive ketones (excluding diaryl/α,β-unsaturated/α-hetero) is 1. The van der Waals surface area contributed by atoms with E-state index in [1.807, 2.05) is 6.92 Å². The van der Waals surface area contributed by atoms with Gasteiger partial charge in [-0.3, -0.25) is 9.59 Å². The van der Waals surface area contributed by atoms with Crippen LogP contribution in [0.5, 0.6) is 0 Å². The summed E-state index contributed by atoms with van der Waals surface area (Å²) in [6.07, 6.45) is 7.93. The first kappa shape index (κ1) is 18.8. The van der Waals surface area contributed by atoms with Crippen LogP contribution in [-0.4, -0.2) is 32.9 Å². The van der Waals surface area contributed by atoms with Gasteiger partial charge >= 0.3 is 5.97 Å². The summed E-state index contributed by atoms with van der Waals surface area (Å²) in [5.41, 5.74) is 0. The SMILES string of the molecule is CCCC(=O)CC(O)(O)C=CCCCCCCC(=O)O. The van der Waals surface area contributed by atoms with E-state index in [9.17, 15) is 19.8 Å². The van der Waals surface area contributed by atoms with Crippen LogP contribution in [0.25, 0.3) is 0 Å². The number of rotatable bonds is 12. The van der Waals surface area contributed by atoms with Gasteiger partial charge in [0.05, 0.1) is 6.42 Å². The standard InChI is InChI=1S/C15H26O5/c1-2-9-13(16)12-15(19,20)11-8-6-4-3-5-7-10-14(17)18/h8,11,19-20H,2-7,9-10,12H2,1H3,(H,17,18). The van der Waals surface area contributed by atoms with E-state index in [-0.39, 0.29) is 18.6 Å². The maximum Gasteiger partial charge on any atom is 0.303 e. The van der Waals surface area contributed by atoms with Crippen molar-refractivity contribution in [2.24, 2.45) is 0 Å². The van der Waals surface area contributed by atoms with Gasteiger partial charge in [0.15, 0.2) is 5.79 Å². The first-order chi connectivity index (χ1) is 9.37. The van der Waals surface area contributed by atoms with Crippen molar-refractivity contribution in [3.8, 4) is 0 Å². The third-order valence-electron chi connectivity index (χ3n) is 2.88. The Morgan fingerprint density at radius 1 is 1.05 bits per heavy atom. The number of unbranched alkanes of at least 4 members (excludes halogenated alkanes) is 4. The molecule has 0 bridgehead atoms. The van der Waals surface area contributed by atoms with Crippen LogP contribution >= 0.6 is 0 Å². The number of aliphatic carboxylic acids is 1. The third-order valence-corrected chi connectivity index (χ3v) is 2.88. The van der Waals surface area contributed by atoms with E-state index in [2.05, 4.69) is 0 Å². The van der Waals surface area contributed by atoms with Crippen molar-refractivity contribution in [2.45, 2.75) is 70.5 Å². The number of carboxylic acids is 1. The topological polar surface area (TPSA) is 94.8 Å². The molecule has 0 unspecified atom stereocenters. The second-order valence-corrected chi connectivity index (χ2v) is 5.09. The fraction of sp³-hybridized carbons (Fsp3) is 0.733. The number of allylic oxidation sites excluding steroid dienone is 1. The smallest absolute Gasteiger partial charge is 0.303 e. The average molecular weight is 286 g/mol. The van der Waals surface area contributed by atoms with Crippen LogP contribution in [0, 0.1) is 0 Å². The van der Waals surface area contributed by atoms with Gasteiger partial charge in [0.2, 0.25) is 0 Å². The molecule has 5 nitrogen and oxygen atoms in total. The van der Waals surface area contributed by atoms with Gasteiger partial charge in [-0.15, -0.1) is 0 Å². The van der Waals surface area contributed by atoms with Gasteiger partial charge < -0.3 is 15.3 Å². The fourth-order valence-corrected chi connectivity index (χ4v) is 1.88. The molecule has 0 atom stereocenters. The van der Waals surface area contributed by atoms with Gasteiger partial charge in [0.25, 0.3) is 0 Å². The molecule has 5 heteroatoms. The van der Waals surface area contributed by atoms with E-state index >= 15 is 0 Å². The number of hydrogen-bond donors (Lipinski definition) is 3. The Hall–Kier alpha value is -1.20. The lowest BCUT2D eigenvalue weighted by Gasteiger charge is -2.16. The number of carbonyl (C=O) groups is 2. The van der Waals surface area contributed by atoms with E-state index in [0.717, 1.165) is 19.3 Å². The maximum atomic E-state index is 11.3. The Kier molecular flexibility index (Phi) is 9.94. The minimum Gasteiger partial charge on any atom is -0.481 e. The van der Waals surface area contributed by atoms with Crippen LogP contribution in [0.15, 0.2) is 12.2 Å². The lowest BCUT2D eigenvalue weighted by molar-refractivity contribution is -0.145. The normalized spacial score (nSPS) is 11.9. The largest absolute Gasteiger partial charge is 0.481 e. The van der Waals surface area contributed by atoms with Crippen molar-refractivity contribution in [1.29, 1.82) is 0 Å². The number of hydrogen-bond acceptors (Lipinski definition) is 4. The second kappa shape index (κ2) is 10.6. The Morgan fingerprint density at radius 3 is 2.30 bits per heavy atom. The van der Waals surface area contributed by atoms with Crippen molar-refractivity contribution in [2.75, 3.05) is 0 Å². The molecule has 0 fully saturated rings. The molecular weight excluding hydrogens is 260 g/mol. The molecule has 0 aliphatic rings. The highest BCUT2D eigenvalue weighted by Gasteiger charge is 2.22. The Bertz CT molecular complexity index is 320. The second-order valence-electron chi connectivity index (χ2n) is 5.09. The average Bonchev–Trinajstić information content (AvgIpc) is 2.31. The summed E-state index contributed by atoms with van der Waals surface area (Å²) in [4.78, 5) is 21.6. The molecule has 0 saturated carbocycles. The van der Waals surface area contributed by atoms with Crippen LogP contribution in [0.4, 0.5) is 0 Å². The predicted molar refractivity (Wildman–Crippen MR) is 76.2 cm³/mol. The molecule has 116 valence electrons. The number of ketones is 1. The molecule has 0 aromatic rings. The zero-order chi connectivity index (χ0) is 15.4. The molecule has 3 N–H and O–H groups in total. The summed E-state index contributed by atoms with van der Waals surface area (Å²) in [7, 11) is 0. The summed E-state index contributed by atoms with van der Waals surface area (Å²) in [5, 5.41) is 27.7. The van der Waals surface area contributed by atoms with Gasteiger partial charge in [-0.1, -0.05) is 25.8 Å². The Morgan fingerprint density at radius 2 is 1.70 bits per heavy atom. The Balaban J connectivity index is 3.71. The minimum absolute atomic E-state index is 0.157. The lowest BCUT2D eigenvalue weighted by atomic mass is 10.0. The van der Waals surface area contributed by atoms with E-state index < -0.39 is 11.8 Å². The summed E-state index contributed by atoms with van der Waals surface area (Å²) in [5.74, 6) is -2.97. The van der Waals surface area contributed by atoms with Gasteiger partial charge in [-0.25, -0.2) is 0 Å². The highest BCUT2D eigenvalue weighted by atomic mass is 16.5. The molecule has 0 heterocycles. The van der Waals surface area contributed by atoms with Crippen molar-refractivity contribution >= 4 is 11.8 Å². The molecule has 0 aliphatic carbocycles. The molecule has 0 saturated heterocycles. The number of carbonyl (C=O) groups excluding carboxylic acids is 1. The van der Waals surface area contributed by atoms with Crippen LogP contribution < -0.4 is 0 Å². The molecule has 0 aromatic heterocycles. The van der Waals surface area contributed by atoms with Crippen LogP contribution in [0.1, 0.15) is 64.7 Å². The quantitative estimate of drug-likeness (QED) is 0.291. The van der Waals surface area contributed by atoms with Gasteiger partial charge in [0, 0.05) is 12.8 Å². The van der Waals surface area contributed by atoms with Gasteiger partial charge in [-0.05, 0) is 31.8 Å². The molecule has 20 heavy (non-hydrogen) atoms. The molecule has 0 radical (unpaired) electrons. The molecule has 0 aromatic carbocycles. The molecule has 0 amide bonds. The van der Waals surface area contributed by atoms with Crippen LogP contribution in [0.3, 0.4) is 0 Å². The summed E-state index contributed by atoms with van der Waals surface area (Å²) >= 11 is 0. The zero-order valence-electron chi connectivity index (χ0n) is 12.2. The Labute approximate surface area is 120 Å². The van der Waals surface area contributed by atoms with Crippen molar-refractivity contribution in [3.05, 3.63) is 12.2 Å². The van der Waals surface area contributed by atoms with E-state index in [1.165, 1.54) is 6.08 Å². The maximum absolute atomic E-state index is 11.3. The van der Waals surface area contributed by atoms with E-state index in [0.29, 0.717) is 25.7 Å². The van der Waals surface area contributed by atoms with Crippen molar-refractivity contribution < 1.29 is 24.9 Å². The van der Waals surface area contributed by atoms with Crippen LogP contribution in [-0.2, 0) is 9.59 Å². The fourth-order valence-electron chi connectivity index (χ4n) is 1.88. The van der Waals surface area contributed by atoms with Crippen LogP contribution in [0.2, 0.25) is 0 Å². The summed E-state index contributed by atoms with van der Waals surface area (Å²) in [6, 6.07) is 0. The van der Waals surface area contributed by atoms with Gasteiger partial charge in [0.1, 0.15) is 5.78 Å². The predicted octanol–water partition coefficient (Wildman–Crippen LogP) is 2.41. The molecular formula is C15H26O5. The minimum atomic E-state index is -2.05. The summed E-state index contributed by atoms with van der Waals surface area (Å²) < 4.78 is 0. The highest BCUT2D eigenvalue weighted by Crippen LogP contribution is 2.12. The summed E-state index contributed by atoms with van der Waals surface area (Å²) in [6.45, 7) is 1.87. The first-order valence-electron chi connectivity index (χ1n) is 7.23. The van der Waals surface area contributed by atoms with Crippen molar-refractivity contribution in [1.82, 2.24) is 0 Å². The highest BCUT2D eigenvalue weighted by molar-refractivity contribution is 5.79. The zero-order valence-corrected chi connectivity index (χ0v) is 12.2. The van der Waals surface area contributed by atoms with Crippen molar-refractivity contribution in [3.63, 3.8) is 0 Å². The monoisotopic (exact) mass is 286 g/mol.